The van der Waals surface area contributed by atoms with Gasteiger partial charge in [-0.25, -0.2) is 15.4 Å². The normalized spacial score (nSPS) is 15.2. The van der Waals surface area contributed by atoms with Crippen LogP contribution in [0.2, 0.25) is 10.0 Å². The first-order chi connectivity index (χ1) is 17.1. The van der Waals surface area contributed by atoms with Crippen LogP contribution in [-0.2, 0) is 6.54 Å². The zero-order valence-corrected chi connectivity index (χ0v) is 20.8. The van der Waals surface area contributed by atoms with Gasteiger partial charge in [-0.3, -0.25) is 0 Å². The van der Waals surface area contributed by atoms with Crippen LogP contribution >= 0.6 is 23.2 Å². The fourth-order valence-electron chi connectivity index (χ4n) is 4.17. The van der Waals surface area contributed by atoms with Crippen molar-refractivity contribution in [2.75, 3.05) is 30.9 Å². The van der Waals surface area contributed by atoms with Gasteiger partial charge in [0.15, 0.2) is 5.82 Å². The highest BCUT2D eigenvalue weighted by Crippen LogP contribution is 2.27. The van der Waals surface area contributed by atoms with Crippen molar-refractivity contribution < 1.29 is 0 Å². The van der Waals surface area contributed by atoms with Crippen LogP contribution in [0.1, 0.15) is 24.2 Å². The molecule has 2 aromatic carbocycles. The van der Waals surface area contributed by atoms with Crippen LogP contribution in [0.25, 0.3) is 10.9 Å². The smallest absolute Gasteiger partial charge is 0.246 e. The SMILES string of the molecule is CN1CCC(Nc2nc(N/N=C/c3nccn3Cc3cccc(Cl)c3Cl)nc3ccccc23)CC1. The molecule has 2 aromatic heterocycles. The molecule has 8 nitrogen and oxygen atoms in total. The van der Waals surface area contributed by atoms with E-state index in [9.17, 15) is 0 Å². The molecule has 0 amide bonds. The molecule has 10 heteroatoms. The summed E-state index contributed by atoms with van der Waals surface area (Å²) in [4.78, 5) is 16.1. The zero-order chi connectivity index (χ0) is 24.2. The van der Waals surface area contributed by atoms with Crippen LogP contribution in [0.3, 0.4) is 0 Å². The predicted octanol–water partition coefficient (Wildman–Crippen LogP) is 5.13. The highest BCUT2D eigenvalue weighted by Gasteiger charge is 2.18. The first kappa shape index (κ1) is 23.5. The van der Waals surface area contributed by atoms with E-state index < -0.39 is 0 Å². The number of piperidine rings is 1. The molecule has 0 radical (unpaired) electrons. The van der Waals surface area contributed by atoms with Gasteiger partial charge >= 0.3 is 0 Å². The Bertz CT molecular complexity index is 1340. The van der Waals surface area contributed by atoms with Crippen molar-refractivity contribution in [3.8, 4) is 0 Å². The quantitative estimate of drug-likeness (QED) is 0.265. The Morgan fingerprint density at radius 1 is 1.09 bits per heavy atom. The lowest BCUT2D eigenvalue weighted by atomic mass is 10.1. The summed E-state index contributed by atoms with van der Waals surface area (Å²) in [6, 6.07) is 14.0. The number of nitrogens with zero attached hydrogens (tertiary/aromatic N) is 6. The van der Waals surface area contributed by atoms with Gasteiger partial charge in [-0.15, -0.1) is 0 Å². The van der Waals surface area contributed by atoms with E-state index in [1.54, 1.807) is 18.5 Å². The van der Waals surface area contributed by atoms with Crippen molar-refractivity contribution in [3.63, 3.8) is 0 Å². The summed E-state index contributed by atoms with van der Waals surface area (Å²) in [5.41, 5.74) is 4.73. The number of halogens is 2. The van der Waals surface area contributed by atoms with Gasteiger partial charge in [0.25, 0.3) is 0 Å². The summed E-state index contributed by atoms with van der Waals surface area (Å²) in [5.74, 6) is 1.91. The van der Waals surface area contributed by atoms with Crippen molar-refractivity contribution in [2.24, 2.45) is 5.10 Å². The van der Waals surface area contributed by atoms with Crippen LogP contribution in [0.4, 0.5) is 11.8 Å². The van der Waals surface area contributed by atoms with E-state index in [4.69, 9.17) is 28.2 Å². The number of hydrogen-bond donors (Lipinski definition) is 2. The molecule has 1 aliphatic rings. The zero-order valence-electron chi connectivity index (χ0n) is 19.3. The monoisotopic (exact) mass is 508 g/mol. The molecule has 1 aliphatic heterocycles. The maximum absolute atomic E-state index is 6.35. The Hall–Kier alpha value is -3.20. The third-order valence-corrected chi connectivity index (χ3v) is 6.99. The molecular formula is C25H26Cl2N8. The van der Waals surface area contributed by atoms with Gasteiger partial charge in [-0.2, -0.15) is 10.1 Å². The van der Waals surface area contributed by atoms with E-state index in [1.807, 2.05) is 47.2 Å². The van der Waals surface area contributed by atoms with E-state index in [0.29, 0.717) is 34.4 Å². The molecule has 3 heterocycles. The Morgan fingerprint density at radius 2 is 1.91 bits per heavy atom. The lowest BCUT2D eigenvalue weighted by Gasteiger charge is -2.30. The van der Waals surface area contributed by atoms with Crippen molar-refractivity contribution in [2.45, 2.75) is 25.4 Å². The summed E-state index contributed by atoms with van der Waals surface area (Å²) in [7, 11) is 2.16. The first-order valence-corrected chi connectivity index (χ1v) is 12.3. The molecule has 180 valence electrons. The number of rotatable bonds is 7. The molecule has 2 N–H and O–H groups in total. The molecule has 1 fully saturated rings. The van der Waals surface area contributed by atoms with Gasteiger partial charge < -0.3 is 14.8 Å². The molecule has 0 saturated carbocycles. The number of nitrogens with one attached hydrogen (secondary N) is 2. The number of anilines is 2. The van der Waals surface area contributed by atoms with E-state index in [2.05, 4.69) is 37.8 Å². The van der Waals surface area contributed by atoms with E-state index in [-0.39, 0.29) is 0 Å². The number of fused-ring (bicyclic) bond motifs is 1. The minimum Gasteiger partial charge on any atom is -0.367 e. The summed E-state index contributed by atoms with van der Waals surface area (Å²) >= 11 is 12.5. The maximum Gasteiger partial charge on any atom is 0.246 e. The van der Waals surface area contributed by atoms with Crippen molar-refractivity contribution in [1.82, 2.24) is 24.4 Å². The lowest BCUT2D eigenvalue weighted by Crippen LogP contribution is -2.37. The standard InChI is InChI=1S/C25H26Cl2N8/c1-34-12-9-18(10-13-34)30-24-19-6-2-3-8-21(19)31-25(32-24)33-29-15-22-28-11-14-35(22)16-17-5-4-7-20(26)23(17)27/h2-8,11,14-15,18H,9-10,12-13,16H2,1H3,(H2,30,31,32,33)/b29-15+. The van der Waals surface area contributed by atoms with Gasteiger partial charge in [-0.1, -0.05) is 47.5 Å². The highest BCUT2D eigenvalue weighted by molar-refractivity contribution is 6.42. The summed E-state index contributed by atoms with van der Waals surface area (Å²) in [5, 5.41) is 10.0. The van der Waals surface area contributed by atoms with Gasteiger partial charge in [0.05, 0.1) is 28.3 Å². The van der Waals surface area contributed by atoms with Crippen molar-refractivity contribution >= 4 is 52.1 Å². The van der Waals surface area contributed by atoms with Crippen molar-refractivity contribution in [1.29, 1.82) is 0 Å². The minimum atomic E-state index is 0.381. The number of hydrazone groups is 1. The number of imidazole rings is 1. The molecule has 1 saturated heterocycles. The second-order valence-electron chi connectivity index (χ2n) is 8.63. The van der Waals surface area contributed by atoms with Gasteiger partial charge in [0.1, 0.15) is 5.82 Å². The third kappa shape index (κ3) is 5.56. The summed E-state index contributed by atoms with van der Waals surface area (Å²) in [6.45, 7) is 2.67. The molecule has 0 bridgehead atoms. The number of hydrogen-bond acceptors (Lipinski definition) is 7. The van der Waals surface area contributed by atoms with Gasteiger partial charge in [0.2, 0.25) is 5.95 Å². The van der Waals surface area contributed by atoms with E-state index in [0.717, 1.165) is 48.2 Å². The average Bonchev–Trinajstić information content (AvgIpc) is 3.30. The number of benzene rings is 2. The number of likely N-dealkylation sites (tertiary alicyclic amines) is 1. The third-order valence-electron chi connectivity index (χ3n) is 6.13. The Kier molecular flexibility index (Phi) is 7.13. The number of aromatic nitrogens is 4. The van der Waals surface area contributed by atoms with Crippen LogP contribution in [-0.4, -0.2) is 56.8 Å². The van der Waals surface area contributed by atoms with Crippen molar-refractivity contribution in [3.05, 3.63) is 76.3 Å². The largest absolute Gasteiger partial charge is 0.367 e. The summed E-state index contributed by atoms with van der Waals surface area (Å²) in [6.07, 6.45) is 7.38. The second kappa shape index (κ2) is 10.6. The maximum atomic E-state index is 6.35. The van der Waals surface area contributed by atoms with E-state index >= 15 is 0 Å². The van der Waals surface area contributed by atoms with Crippen LogP contribution < -0.4 is 10.7 Å². The molecule has 5 rings (SSSR count). The lowest BCUT2D eigenvalue weighted by molar-refractivity contribution is 0.264. The topological polar surface area (TPSA) is 83.3 Å². The molecule has 35 heavy (non-hydrogen) atoms. The molecule has 0 aliphatic carbocycles. The van der Waals surface area contributed by atoms with Gasteiger partial charge in [0, 0.05) is 23.8 Å². The predicted molar refractivity (Wildman–Crippen MR) is 143 cm³/mol. The first-order valence-electron chi connectivity index (χ1n) is 11.5. The van der Waals surface area contributed by atoms with Crippen LogP contribution in [0.5, 0.6) is 0 Å². The summed E-state index contributed by atoms with van der Waals surface area (Å²) < 4.78 is 1.94. The molecular weight excluding hydrogens is 483 g/mol. The van der Waals surface area contributed by atoms with E-state index in [1.165, 1.54) is 0 Å². The molecule has 0 spiro atoms. The average molecular weight is 509 g/mol. The fourth-order valence-corrected chi connectivity index (χ4v) is 4.55. The highest BCUT2D eigenvalue weighted by atomic mass is 35.5. The van der Waals surface area contributed by atoms with Crippen LogP contribution in [0, 0.1) is 0 Å². The Balaban J connectivity index is 1.33. The number of para-hydroxylation sites is 1. The Morgan fingerprint density at radius 3 is 2.77 bits per heavy atom. The molecule has 4 aromatic rings. The van der Waals surface area contributed by atoms with Crippen LogP contribution in [0.15, 0.2) is 60.0 Å². The Labute approximate surface area is 214 Å². The second-order valence-corrected chi connectivity index (χ2v) is 9.42. The molecule has 0 unspecified atom stereocenters. The van der Waals surface area contributed by atoms with Gasteiger partial charge in [-0.05, 0) is 56.7 Å². The molecule has 0 atom stereocenters. The fraction of sp³-hybridized carbons (Fsp3) is 0.280. The minimum absolute atomic E-state index is 0.381.